The van der Waals surface area contributed by atoms with Crippen molar-refractivity contribution in [3.05, 3.63) is 31.5 Å². The van der Waals surface area contributed by atoms with Crippen LogP contribution in [0.3, 0.4) is 0 Å². The molecule has 3 atom stereocenters. The van der Waals surface area contributed by atoms with Crippen LogP contribution in [-0.2, 0) is 19.6 Å². The zero-order valence-corrected chi connectivity index (χ0v) is 36.7. The zero-order valence-electron chi connectivity index (χ0n) is 36.7. The number of rotatable bonds is 12. The highest BCUT2D eigenvalue weighted by molar-refractivity contribution is 5.46. The molecule has 0 aliphatic rings. The van der Waals surface area contributed by atoms with Crippen molar-refractivity contribution in [1.82, 2.24) is 28.4 Å². The van der Waals surface area contributed by atoms with Gasteiger partial charge < -0.3 is 25.1 Å². The summed E-state index contributed by atoms with van der Waals surface area (Å²) in [6.07, 6.45) is -4.10. The SMILES string of the molecule is CC#CC#CC#CC#CC#CC#CN(C)CC(O)Cn1c(=O)n(CC(O)CN(C)C)c(=O)n(CC(O)CN(C#CC#CC#CC#CC#CC#CC)C#CC#CC#CC#CC#CC#CC)c1=O. The number of nitrogens with zero attached hydrogens (tertiary/aromatic N) is 6. The first-order valence-corrected chi connectivity index (χ1v) is 18.8. The van der Waals surface area contributed by atoms with Crippen LogP contribution in [0.1, 0.15) is 20.8 Å². The van der Waals surface area contributed by atoms with Crippen molar-refractivity contribution in [2.75, 3.05) is 40.8 Å². The van der Waals surface area contributed by atoms with E-state index in [4.69, 9.17) is 0 Å². The Morgan fingerprint density at radius 3 is 0.894 bits per heavy atom. The van der Waals surface area contributed by atoms with E-state index < -0.39 is 55.0 Å². The summed E-state index contributed by atoms with van der Waals surface area (Å²) < 4.78 is 1.90. The lowest BCUT2D eigenvalue weighted by Crippen LogP contribution is -2.58. The Morgan fingerprint density at radius 2 is 0.606 bits per heavy atom. The van der Waals surface area contributed by atoms with Crippen LogP contribution in [0.25, 0.3) is 0 Å². The van der Waals surface area contributed by atoms with E-state index >= 15 is 0 Å². The average molecular weight is 865 g/mol. The monoisotopic (exact) mass is 864 g/mol. The van der Waals surface area contributed by atoms with Gasteiger partial charge in [0.15, 0.2) is 0 Å². The van der Waals surface area contributed by atoms with Crippen LogP contribution in [0.15, 0.2) is 14.4 Å². The predicted molar refractivity (Wildman–Crippen MR) is 252 cm³/mol. The Balaban J connectivity index is 3.56. The van der Waals surface area contributed by atoms with Crippen molar-refractivity contribution >= 4 is 0 Å². The molecule has 0 aliphatic carbocycles. The molecule has 12 nitrogen and oxygen atoms in total. The molecule has 12 heteroatoms. The van der Waals surface area contributed by atoms with Crippen LogP contribution in [0.5, 0.6) is 0 Å². The highest BCUT2D eigenvalue weighted by atomic mass is 16.3. The largest absolute Gasteiger partial charge is 0.390 e. The predicted octanol–water partition coefficient (Wildman–Crippen LogP) is -2.96. The molecule has 0 spiro atoms. The van der Waals surface area contributed by atoms with E-state index in [-0.39, 0.29) is 19.6 Å². The van der Waals surface area contributed by atoms with Crippen LogP contribution < -0.4 is 17.1 Å². The molecule has 3 N–H and O–H groups in total. The van der Waals surface area contributed by atoms with Crippen molar-refractivity contribution in [3.63, 3.8) is 0 Å². The number of hydrogen-bond acceptors (Lipinski definition) is 9. The van der Waals surface area contributed by atoms with E-state index in [1.165, 1.54) is 11.9 Å². The third-order valence-electron chi connectivity index (χ3n) is 6.71. The quantitative estimate of drug-likeness (QED) is 0.149. The molecule has 1 heterocycles. The standard InChI is InChI=1S/C54H36N6O6/c1-7-10-13-16-19-22-25-28-31-34-37-40-56(6)44-50(62)47-59-52(64)58(46-49(61)43-55(4)5)53(65)60(54(59)66)48-51(63)45-57(41-38-35-32-29-26-23-20-17-14-11-8-2)42-39-36-33-30-27-24-21-18-15-12-9-3/h49-51,61-63H,43-48H2,1-6H3. The summed E-state index contributed by atoms with van der Waals surface area (Å²) in [6.45, 7) is 2.70. The molecule has 318 valence electrons. The van der Waals surface area contributed by atoms with Gasteiger partial charge in [-0.2, -0.15) is 0 Å². The molecule has 0 fully saturated rings. The number of aliphatic hydroxyl groups is 3. The van der Waals surface area contributed by atoms with Crippen molar-refractivity contribution < 1.29 is 15.3 Å². The number of hydrogen-bond donors (Lipinski definition) is 3. The highest BCUT2D eigenvalue weighted by Gasteiger charge is 2.22. The Morgan fingerprint density at radius 1 is 0.364 bits per heavy atom. The summed E-state index contributed by atoms with van der Waals surface area (Å²) in [5.41, 5.74) is -3.34. The molecule has 0 saturated carbocycles. The number of likely N-dealkylation sites (N-methyl/N-ethyl adjacent to an activating group) is 2. The molecule has 1 rings (SSSR count). The van der Waals surface area contributed by atoms with E-state index in [1.807, 2.05) is 0 Å². The van der Waals surface area contributed by atoms with E-state index in [0.29, 0.717) is 13.7 Å². The van der Waals surface area contributed by atoms with Crippen molar-refractivity contribution in [2.24, 2.45) is 0 Å². The molecular formula is C54H36N6O6. The zero-order chi connectivity index (χ0) is 48.6. The van der Waals surface area contributed by atoms with Gasteiger partial charge in [-0.1, -0.05) is 17.8 Å². The van der Waals surface area contributed by atoms with E-state index in [0.717, 1.165) is 4.90 Å². The van der Waals surface area contributed by atoms with Crippen LogP contribution in [-0.4, -0.2) is 103 Å². The third-order valence-corrected chi connectivity index (χ3v) is 6.71. The Hall–Kier alpha value is -10.1. The molecule has 1 aromatic heterocycles. The van der Waals surface area contributed by atoms with Gasteiger partial charge in [0.25, 0.3) is 0 Å². The van der Waals surface area contributed by atoms with Crippen molar-refractivity contribution in [2.45, 2.75) is 58.7 Å². The van der Waals surface area contributed by atoms with E-state index in [9.17, 15) is 29.7 Å². The van der Waals surface area contributed by atoms with Crippen LogP contribution >= 0.6 is 0 Å². The van der Waals surface area contributed by atoms with Gasteiger partial charge in [-0.05, 0) is 124 Å². The van der Waals surface area contributed by atoms with Gasteiger partial charge in [0.05, 0.1) is 51.0 Å². The summed E-state index contributed by atoms with van der Waals surface area (Å²) >= 11 is 0. The lowest BCUT2D eigenvalue weighted by atomic mass is 10.3. The summed E-state index contributed by atoms with van der Waals surface area (Å²) in [5.74, 6) is 83.0. The third kappa shape index (κ3) is 25.5. The maximum atomic E-state index is 13.8. The molecular weight excluding hydrogens is 829 g/mol. The second-order valence-electron chi connectivity index (χ2n) is 12.2. The molecule has 66 heavy (non-hydrogen) atoms. The van der Waals surface area contributed by atoms with Gasteiger partial charge in [0.1, 0.15) is 0 Å². The molecule has 3 unspecified atom stereocenters. The first kappa shape index (κ1) is 53.9. The normalized spacial score (nSPS) is 8.82. The lowest BCUT2D eigenvalue weighted by Gasteiger charge is -2.22. The Kier molecular flexibility index (Phi) is 28.3. The fourth-order valence-corrected chi connectivity index (χ4v) is 4.32. The van der Waals surface area contributed by atoms with Gasteiger partial charge in [-0.25, -0.2) is 28.1 Å². The molecule has 0 aliphatic heterocycles. The minimum Gasteiger partial charge on any atom is -0.390 e. The van der Waals surface area contributed by atoms with Gasteiger partial charge in [0.2, 0.25) is 0 Å². The second-order valence-corrected chi connectivity index (χ2v) is 12.2. The van der Waals surface area contributed by atoms with Gasteiger partial charge >= 0.3 is 17.1 Å². The Bertz CT molecular complexity index is 3280. The first-order chi connectivity index (χ1) is 31.9. The molecule has 1 aromatic rings. The molecule has 0 bridgehead atoms. The topological polar surface area (TPSA) is 136 Å². The van der Waals surface area contributed by atoms with Crippen molar-refractivity contribution in [1.29, 1.82) is 0 Å². The highest BCUT2D eigenvalue weighted by Crippen LogP contribution is 1.96. The van der Waals surface area contributed by atoms with Crippen LogP contribution in [0.2, 0.25) is 0 Å². The van der Waals surface area contributed by atoms with Gasteiger partial charge in [-0.15, -0.1) is 0 Å². The maximum absolute atomic E-state index is 13.8. The van der Waals surface area contributed by atoms with Crippen LogP contribution in [0.4, 0.5) is 0 Å². The second kappa shape index (κ2) is 34.6. The maximum Gasteiger partial charge on any atom is 0.336 e. The molecule has 0 radical (unpaired) electrons. The van der Waals surface area contributed by atoms with E-state index in [1.54, 1.807) is 39.8 Å². The fraction of sp³-hybridized carbons (Fsp3) is 0.278. The summed E-state index contributed by atoms with van der Waals surface area (Å²) in [7, 11) is 4.89. The first-order valence-electron chi connectivity index (χ1n) is 18.8. The summed E-state index contributed by atoms with van der Waals surface area (Å²) in [4.78, 5) is 45.2. The molecule has 0 aromatic carbocycles. The number of aliphatic hydroxyl groups excluding tert-OH is 3. The number of aromatic nitrogens is 3. The van der Waals surface area contributed by atoms with Gasteiger partial charge in [-0.3, -0.25) is 4.90 Å². The minimum absolute atomic E-state index is 0.0632. The van der Waals surface area contributed by atoms with Crippen LogP contribution in [0, 0.1) is 214 Å². The van der Waals surface area contributed by atoms with E-state index in [2.05, 4.69) is 214 Å². The van der Waals surface area contributed by atoms with Gasteiger partial charge in [0, 0.05) is 121 Å². The molecule has 0 saturated heterocycles. The fourth-order valence-electron chi connectivity index (χ4n) is 4.32. The molecule has 0 amide bonds. The summed E-state index contributed by atoms with van der Waals surface area (Å²) in [5, 5.41) is 32.8. The Labute approximate surface area is 386 Å². The summed E-state index contributed by atoms with van der Waals surface area (Å²) in [6, 6.07) is 7.93. The minimum atomic E-state index is -1.52. The smallest absolute Gasteiger partial charge is 0.336 e. The van der Waals surface area contributed by atoms with Crippen molar-refractivity contribution in [3.8, 4) is 214 Å². The lowest BCUT2D eigenvalue weighted by molar-refractivity contribution is 0.105. The average Bonchev–Trinajstić information content (AvgIpc) is 3.27.